The van der Waals surface area contributed by atoms with Crippen LogP contribution in [0.25, 0.3) is 16.8 Å². The normalized spacial score (nSPS) is 12.7. The number of benzene rings is 2. The number of rotatable bonds is 10. The zero-order valence-corrected chi connectivity index (χ0v) is 24.8. The van der Waals surface area contributed by atoms with E-state index in [0.717, 1.165) is 34.4 Å². The van der Waals surface area contributed by atoms with Crippen LogP contribution in [0.15, 0.2) is 67.0 Å². The molecular weight excluding hydrogens is 534 g/mol. The molecule has 3 aromatic heterocycles. The quantitative estimate of drug-likeness (QED) is 0.206. The zero-order valence-electron chi connectivity index (χ0n) is 24.8. The first-order valence-corrected chi connectivity index (χ1v) is 14.1. The number of hydrogen-bond acceptors (Lipinski definition) is 5. The molecule has 0 amide bonds. The molecule has 1 unspecified atom stereocenters. The van der Waals surface area contributed by atoms with E-state index in [1.165, 1.54) is 5.56 Å². The van der Waals surface area contributed by atoms with Crippen LogP contribution in [0.5, 0.6) is 5.75 Å². The van der Waals surface area contributed by atoms with Crippen LogP contribution in [0.3, 0.4) is 0 Å². The molecule has 0 aliphatic heterocycles. The van der Waals surface area contributed by atoms with E-state index in [4.69, 9.17) is 10.5 Å². The zero-order chi connectivity index (χ0) is 30.0. The number of nitrogens with two attached hydrogens (primary N) is 1. The average molecular weight is 573 g/mol. The van der Waals surface area contributed by atoms with E-state index in [2.05, 4.69) is 48.3 Å². The summed E-state index contributed by atoms with van der Waals surface area (Å²) in [6, 6.07) is 16.2. The fourth-order valence-electron chi connectivity index (χ4n) is 5.05. The monoisotopic (exact) mass is 572 g/mol. The molecule has 0 saturated heterocycles. The van der Waals surface area contributed by atoms with Crippen LogP contribution in [-0.2, 0) is 26.6 Å². The van der Waals surface area contributed by atoms with Gasteiger partial charge in [0.2, 0.25) is 5.82 Å². The standard InChI is InChI=1S/C33H38F2N6O/c1-21-25(30(39-40(21)5)32(36)33(2,3)4)15-16-42-31-26(12-13-27(34)29(31)35)23-11-14-28-38-19-24(41(28)20-23)18-37-17-22-9-7-6-8-10-22/h6-14,19-20,32,37H,15-18,36H2,1-5H3. The molecule has 0 saturated carbocycles. The molecule has 0 spiro atoms. The van der Waals surface area contributed by atoms with Gasteiger partial charge in [0.1, 0.15) is 5.65 Å². The largest absolute Gasteiger partial charge is 0.489 e. The number of pyridine rings is 1. The number of fused-ring (bicyclic) bond motifs is 1. The fourth-order valence-corrected chi connectivity index (χ4v) is 5.05. The van der Waals surface area contributed by atoms with Crippen LogP contribution in [0.4, 0.5) is 8.78 Å². The van der Waals surface area contributed by atoms with Gasteiger partial charge in [-0.05, 0) is 42.2 Å². The Morgan fingerprint density at radius 3 is 2.52 bits per heavy atom. The van der Waals surface area contributed by atoms with E-state index < -0.39 is 11.6 Å². The molecule has 2 aromatic carbocycles. The second-order valence-electron chi connectivity index (χ2n) is 11.7. The minimum atomic E-state index is -1.02. The summed E-state index contributed by atoms with van der Waals surface area (Å²) in [7, 11) is 1.88. The van der Waals surface area contributed by atoms with E-state index in [1.54, 1.807) is 10.7 Å². The lowest BCUT2D eigenvalue weighted by atomic mass is 9.83. The van der Waals surface area contributed by atoms with Crippen molar-refractivity contribution in [1.82, 2.24) is 24.5 Å². The highest BCUT2D eigenvalue weighted by Gasteiger charge is 2.28. The molecule has 9 heteroatoms. The van der Waals surface area contributed by atoms with Gasteiger partial charge in [-0.1, -0.05) is 51.1 Å². The molecule has 0 radical (unpaired) electrons. The lowest BCUT2D eigenvalue weighted by Crippen LogP contribution is -2.28. The number of imidazole rings is 1. The minimum Gasteiger partial charge on any atom is -0.489 e. The lowest BCUT2D eigenvalue weighted by molar-refractivity contribution is 0.295. The summed E-state index contributed by atoms with van der Waals surface area (Å²) in [4.78, 5) is 4.51. The average Bonchev–Trinajstić information content (AvgIpc) is 3.50. The second-order valence-corrected chi connectivity index (χ2v) is 11.7. The maximum Gasteiger partial charge on any atom is 0.201 e. The first-order valence-electron chi connectivity index (χ1n) is 14.1. The van der Waals surface area contributed by atoms with Crippen LogP contribution in [0, 0.1) is 24.0 Å². The van der Waals surface area contributed by atoms with Gasteiger partial charge in [-0.15, -0.1) is 0 Å². The van der Waals surface area contributed by atoms with E-state index >= 15 is 4.39 Å². The van der Waals surface area contributed by atoms with Crippen molar-refractivity contribution in [3.8, 4) is 16.9 Å². The van der Waals surface area contributed by atoms with Gasteiger partial charge < -0.3 is 20.2 Å². The Morgan fingerprint density at radius 2 is 1.79 bits per heavy atom. The highest BCUT2D eigenvalue weighted by molar-refractivity contribution is 5.71. The molecule has 42 heavy (non-hydrogen) atoms. The van der Waals surface area contributed by atoms with Crippen molar-refractivity contribution in [2.24, 2.45) is 18.2 Å². The first kappa shape index (κ1) is 29.4. The molecule has 5 aromatic rings. The predicted molar refractivity (Wildman–Crippen MR) is 161 cm³/mol. The van der Waals surface area contributed by atoms with Crippen molar-refractivity contribution in [1.29, 1.82) is 0 Å². The van der Waals surface area contributed by atoms with E-state index in [9.17, 15) is 4.39 Å². The molecule has 7 nitrogen and oxygen atoms in total. The first-order chi connectivity index (χ1) is 20.0. The molecule has 3 heterocycles. The smallest absolute Gasteiger partial charge is 0.201 e. The summed E-state index contributed by atoms with van der Waals surface area (Å²) in [5, 5.41) is 8.10. The Bertz CT molecular complexity index is 1690. The molecule has 0 fully saturated rings. The van der Waals surface area contributed by atoms with Gasteiger partial charge in [0.25, 0.3) is 0 Å². The number of nitrogens with one attached hydrogen (secondary N) is 1. The number of halogens is 2. The summed E-state index contributed by atoms with van der Waals surface area (Å²) in [6.45, 7) is 9.61. The van der Waals surface area contributed by atoms with Crippen molar-refractivity contribution in [2.45, 2.75) is 53.2 Å². The number of ether oxygens (including phenoxy) is 1. The van der Waals surface area contributed by atoms with Crippen LogP contribution in [-0.4, -0.2) is 25.8 Å². The minimum absolute atomic E-state index is 0.124. The maximum absolute atomic E-state index is 15.2. The Morgan fingerprint density at radius 1 is 1.02 bits per heavy atom. The molecular formula is C33H38F2N6O. The molecule has 0 bridgehead atoms. The van der Waals surface area contributed by atoms with Gasteiger partial charge in [0, 0.05) is 55.1 Å². The highest BCUT2D eigenvalue weighted by atomic mass is 19.2. The van der Waals surface area contributed by atoms with E-state index in [-0.39, 0.29) is 23.8 Å². The molecule has 0 aliphatic carbocycles. The summed E-state index contributed by atoms with van der Waals surface area (Å²) < 4.78 is 39.4. The van der Waals surface area contributed by atoms with E-state index in [0.29, 0.717) is 30.6 Å². The summed E-state index contributed by atoms with van der Waals surface area (Å²) in [6.07, 6.45) is 4.15. The number of nitrogens with zero attached hydrogens (tertiary/aromatic N) is 4. The van der Waals surface area contributed by atoms with Crippen molar-refractivity contribution in [3.63, 3.8) is 0 Å². The van der Waals surface area contributed by atoms with Gasteiger partial charge >= 0.3 is 0 Å². The Labute approximate surface area is 245 Å². The van der Waals surface area contributed by atoms with Crippen LogP contribution < -0.4 is 15.8 Å². The maximum atomic E-state index is 15.2. The summed E-state index contributed by atoms with van der Waals surface area (Å²) >= 11 is 0. The third kappa shape index (κ3) is 6.07. The van der Waals surface area contributed by atoms with Crippen molar-refractivity contribution in [2.75, 3.05) is 6.61 Å². The van der Waals surface area contributed by atoms with Gasteiger partial charge in [-0.2, -0.15) is 9.49 Å². The van der Waals surface area contributed by atoms with Crippen molar-refractivity contribution < 1.29 is 13.5 Å². The fraction of sp³-hybridized carbons (Fsp3) is 0.333. The van der Waals surface area contributed by atoms with Crippen LogP contribution in [0.2, 0.25) is 0 Å². The molecule has 220 valence electrons. The second kappa shape index (κ2) is 12.0. The van der Waals surface area contributed by atoms with Gasteiger partial charge in [-0.3, -0.25) is 4.68 Å². The van der Waals surface area contributed by atoms with E-state index in [1.807, 2.05) is 61.1 Å². The van der Waals surface area contributed by atoms with Gasteiger partial charge in [0.05, 0.1) is 30.2 Å². The number of aryl methyl sites for hydroxylation is 1. The summed E-state index contributed by atoms with van der Waals surface area (Å²) in [5.41, 5.74) is 13.1. The summed E-state index contributed by atoms with van der Waals surface area (Å²) in [5.74, 6) is -2.10. The number of hydrogen-bond donors (Lipinski definition) is 2. The molecule has 5 rings (SSSR count). The van der Waals surface area contributed by atoms with Gasteiger partial charge in [-0.25, -0.2) is 9.37 Å². The predicted octanol–water partition coefficient (Wildman–Crippen LogP) is 6.28. The Hall–Kier alpha value is -4.08. The number of aromatic nitrogens is 4. The molecule has 0 aliphatic rings. The third-order valence-corrected chi connectivity index (χ3v) is 7.74. The Balaban J connectivity index is 1.38. The van der Waals surface area contributed by atoms with Gasteiger partial charge in [0.15, 0.2) is 11.6 Å². The Kier molecular flexibility index (Phi) is 8.43. The van der Waals surface area contributed by atoms with Crippen molar-refractivity contribution >= 4 is 5.65 Å². The third-order valence-electron chi connectivity index (χ3n) is 7.74. The van der Waals surface area contributed by atoms with Crippen molar-refractivity contribution in [3.05, 3.63) is 107 Å². The topological polar surface area (TPSA) is 82.4 Å². The van der Waals surface area contributed by atoms with Crippen LogP contribution in [0.1, 0.15) is 55.0 Å². The van der Waals surface area contributed by atoms with Crippen LogP contribution >= 0.6 is 0 Å². The highest BCUT2D eigenvalue weighted by Crippen LogP contribution is 2.36. The molecule has 3 N–H and O–H groups in total. The lowest BCUT2D eigenvalue weighted by Gasteiger charge is -2.26. The SMILES string of the molecule is Cc1c(CCOc2c(-c3ccc4ncc(CNCc5ccccc5)n4c3)ccc(F)c2F)c(C(N)C(C)(C)C)nn1C. The molecule has 1 atom stereocenters.